The van der Waals surface area contributed by atoms with Crippen LogP contribution in [0.3, 0.4) is 0 Å². The molecule has 1 unspecified atom stereocenters. The van der Waals surface area contributed by atoms with Crippen LogP contribution in [0.1, 0.15) is 6.92 Å². The van der Waals surface area contributed by atoms with E-state index >= 15 is 0 Å². The lowest BCUT2D eigenvalue weighted by Gasteiger charge is -2.19. The number of aliphatic hydroxyl groups excluding tert-OH is 1. The molecule has 0 heterocycles. The summed E-state index contributed by atoms with van der Waals surface area (Å²) in [6.07, 6.45) is -0.721. The molecule has 17 heavy (non-hydrogen) atoms. The maximum atomic E-state index is 12.1. The number of hydrogen-bond acceptors (Lipinski definition) is 3. The molecule has 0 radical (unpaired) electrons. The maximum Gasteiger partial charge on any atom is 0.244 e. The van der Waals surface area contributed by atoms with Gasteiger partial charge in [-0.1, -0.05) is 11.6 Å². The van der Waals surface area contributed by atoms with Crippen LogP contribution in [0.5, 0.6) is 0 Å². The molecule has 1 rings (SSSR count). The zero-order chi connectivity index (χ0) is 13.2. The second-order valence-corrected chi connectivity index (χ2v) is 7.01. The molecule has 1 aromatic carbocycles. The van der Waals surface area contributed by atoms with E-state index in [-0.39, 0.29) is 11.4 Å². The van der Waals surface area contributed by atoms with E-state index in [1.54, 1.807) is 0 Å². The van der Waals surface area contributed by atoms with Crippen LogP contribution >= 0.6 is 27.5 Å². The summed E-state index contributed by atoms with van der Waals surface area (Å²) in [6, 6.07) is 4.46. The molecule has 96 valence electrons. The van der Waals surface area contributed by atoms with Gasteiger partial charge in [-0.05, 0) is 41.1 Å². The number of rotatable bonds is 4. The van der Waals surface area contributed by atoms with Crippen LogP contribution in [-0.4, -0.2) is 37.5 Å². The van der Waals surface area contributed by atoms with Gasteiger partial charge in [-0.3, -0.25) is 0 Å². The van der Waals surface area contributed by atoms with Gasteiger partial charge >= 0.3 is 0 Å². The lowest BCUT2D eigenvalue weighted by molar-refractivity contribution is 0.171. The summed E-state index contributed by atoms with van der Waals surface area (Å²) in [4.78, 5) is 0.130. The van der Waals surface area contributed by atoms with Crippen molar-refractivity contribution < 1.29 is 13.5 Å². The van der Waals surface area contributed by atoms with E-state index in [0.29, 0.717) is 9.50 Å². The molecular weight excluding hydrogens is 330 g/mol. The predicted molar refractivity (Wildman–Crippen MR) is 70.6 cm³/mol. The Labute approximate surface area is 114 Å². The molecule has 0 aliphatic carbocycles. The van der Waals surface area contributed by atoms with Crippen molar-refractivity contribution in [2.75, 3.05) is 13.6 Å². The van der Waals surface area contributed by atoms with Gasteiger partial charge in [0.2, 0.25) is 10.0 Å². The monoisotopic (exact) mass is 341 g/mol. The largest absolute Gasteiger partial charge is 0.392 e. The van der Waals surface area contributed by atoms with Crippen molar-refractivity contribution in [1.82, 2.24) is 4.31 Å². The number of benzene rings is 1. The maximum absolute atomic E-state index is 12.1. The standard InChI is InChI=1S/C10H13BrClNO3S/c1-7(14)6-13(2)17(15,16)10-4-3-8(12)5-9(10)11/h3-5,7,14H,6H2,1-2H3. The van der Waals surface area contributed by atoms with Crippen molar-refractivity contribution in [3.63, 3.8) is 0 Å². The summed E-state index contributed by atoms with van der Waals surface area (Å²) in [5.41, 5.74) is 0. The van der Waals surface area contributed by atoms with E-state index in [4.69, 9.17) is 11.6 Å². The highest BCUT2D eigenvalue weighted by Crippen LogP contribution is 2.27. The first-order chi connectivity index (χ1) is 7.75. The summed E-state index contributed by atoms with van der Waals surface area (Å²) in [7, 11) is -2.19. The van der Waals surface area contributed by atoms with Crippen molar-refractivity contribution in [3.05, 3.63) is 27.7 Å². The van der Waals surface area contributed by atoms with Crippen LogP contribution in [0, 0.1) is 0 Å². The smallest absolute Gasteiger partial charge is 0.244 e. The van der Waals surface area contributed by atoms with Gasteiger partial charge in [-0.15, -0.1) is 0 Å². The van der Waals surface area contributed by atoms with Crippen LogP contribution in [0.2, 0.25) is 5.02 Å². The lowest BCUT2D eigenvalue weighted by Crippen LogP contribution is -2.33. The molecule has 1 aromatic rings. The molecule has 0 saturated heterocycles. The first-order valence-corrected chi connectivity index (χ1v) is 7.45. The minimum atomic E-state index is -3.61. The molecule has 0 fully saturated rings. The first kappa shape index (κ1) is 14.9. The molecule has 1 atom stereocenters. The van der Waals surface area contributed by atoms with Gasteiger partial charge in [0.15, 0.2) is 0 Å². The lowest BCUT2D eigenvalue weighted by atomic mass is 10.4. The molecule has 7 heteroatoms. The molecule has 0 aliphatic rings. The third kappa shape index (κ3) is 3.66. The Hall–Kier alpha value is -0.140. The third-order valence-corrected chi connectivity index (χ3v) is 5.14. The number of sulfonamides is 1. The summed E-state index contributed by atoms with van der Waals surface area (Å²) in [5.74, 6) is 0. The number of likely N-dealkylation sites (N-methyl/N-ethyl adjacent to an activating group) is 1. The minimum Gasteiger partial charge on any atom is -0.392 e. The highest BCUT2D eigenvalue weighted by molar-refractivity contribution is 9.10. The van der Waals surface area contributed by atoms with Crippen molar-refractivity contribution in [1.29, 1.82) is 0 Å². The van der Waals surface area contributed by atoms with Crippen LogP contribution < -0.4 is 0 Å². The van der Waals surface area contributed by atoms with Crippen molar-refractivity contribution >= 4 is 37.6 Å². The Balaban J connectivity index is 3.13. The number of nitrogens with zero attached hydrogens (tertiary/aromatic N) is 1. The molecule has 0 amide bonds. The molecule has 0 spiro atoms. The van der Waals surface area contributed by atoms with Gasteiger partial charge < -0.3 is 5.11 Å². The fourth-order valence-corrected chi connectivity index (χ4v) is 3.91. The molecule has 0 saturated carbocycles. The Morgan fingerprint density at radius 2 is 2.12 bits per heavy atom. The van der Waals surface area contributed by atoms with Gasteiger partial charge in [-0.2, -0.15) is 4.31 Å². The average Bonchev–Trinajstić information content (AvgIpc) is 2.15. The zero-order valence-corrected chi connectivity index (χ0v) is 12.6. The quantitative estimate of drug-likeness (QED) is 0.911. The van der Waals surface area contributed by atoms with E-state index < -0.39 is 16.1 Å². The van der Waals surface area contributed by atoms with E-state index in [0.717, 1.165) is 4.31 Å². The summed E-state index contributed by atoms with van der Waals surface area (Å²) < 4.78 is 25.8. The van der Waals surface area contributed by atoms with Crippen LogP contribution in [0.4, 0.5) is 0 Å². The molecule has 0 aromatic heterocycles. The Morgan fingerprint density at radius 1 is 1.53 bits per heavy atom. The van der Waals surface area contributed by atoms with Gasteiger partial charge in [0.25, 0.3) is 0 Å². The molecule has 4 nitrogen and oxygen atoms in total. The number of halogens is 2. The third-order valence-electron chi connectivity index (χ3n) is 2.10. The first-order valence-electron chi connectivity index (χ1n) is 4.84. The van der Waals surface area contributed by atoms with Gasteiger partial charge in [0.1, 0.15) is 0 Å². The zero-order valence-electron chi connectivity index (χ0n) is 9.39. The van der Waals surface area contributed by atoms with E-state index in [1.165, 1.54) is 32.2 Å². The molecule has 1 N–H and O–H groups in total. The number of hydrogen-bond donors (Lipinski definition) is 1. The second kappa shape index (κ2) is 5.67. The molecule has 0 bridgehead atoms. The predicted octanol–water partition coefficient (Wildman–Crippen LogP) is 2.10. The molecular formula is C10H13BrClNO3S. The fraction of sp³-hybridized carbons (Fsp3) is 0.400. The van der Waals surface area contributed by atoms with Gasteiger partial charge in [0.05, 0.1) is 11.0 Å². The minimum absolute atomic E-state index is 0.0391. The average molecular weight is 343 g/mol. The van der Waals surface area contributed by atoms with Crippen molar-refractivity contribution in [2.45, 2.75) is 17.9 Å². The second-order valence-electron chi connectivity index (χ2n) is 3.71. The Bertz CT molecular complexity index is 504. The summed E-state index contributed by atoms with van der Waals surface area (Å²) in [5, 5.41) is 9.66. The van der Waals surface area contributed by atoms with Gasteiger partial charge in [-0.25, -0.2) is 8.42 Å². The van der Waals surface area contributed by atoms with E-state index in [2.05, 4.69) is 15.9 Å². The van der Waals surface area contributed by atoms with Crippen LogP contribution in [0.25, 0.3) is 0 Å². The van der Waals surface area contributed by atoms with E-state index in [1.807, 2.05) is 0 Å². The normalized spacial score (nSPS) is 14.0. The van der Waals surface area contributed by atoms with Crippen LogP contribution in [0.15, 0.2) is 27.6 Å². The van der Waals surface area contributed by atoms with Crippen molar-refractivity contribution in [3.8, 4) is 0 Å². The number of aliphatic hydroxyl groups is 1. The van der Waals surface area contributed by atoms with E-state index in [9.17, 15) is 13.5 Å². The fourth-order valence-electron chi connectivity index (χ4n) is 1.32. The van der Waals surface area contributed by atoms with Gasteiger partial charge in [0, 0.05) is 23.1 Å². The summed E-state index contributed by atoms with van der Waals surface area (Å²) in [6.45, 7) is 1.57. The van der Waals surface area contributed by atoms with Crippen LogP contribution in [-0.2, 0) is 10.0 Å². The topological polar surface area (TPSA) is 57.6 Å². The van der Waals surface area contributed by atoms with Crippen molar-refractivity contribution in [2.24, 2.45) is 0 Å². The highest BCUT2D eigenvalue weighted by atomic mass is 79.9. The Morgan fingerprint density at radius 3 is 2.59 bits per heavy atom. The highest BCUT2D eigenvalue weighted by Gasteiger charge is 2.24. The molecule has 0 aliphatic heterocycles. The Kier molecular flexibility index (Phi) is 4.97. The summed E-state index contributed by atoms with van der Waals surface area (Å²) >= 11 is 8.92. The SMILES string of the molecule is CC(O)CN(C)S(=O)(=O)c1ccc(Cl)cc1Br.